The molecule has 1 aromatic heterocycles. The van der Waals surface area contributed by atoms with Gasteiger partial charge in [-0.3, -0.25) is 0 Å². The Hall–Kier alpha value is -2.99. The van der Waals surface area contributed by atoms with E-state index in [4.69, 9.17) is 4.74 Å². The van der Waals surface area contributed by atoms with E-state index in [2.05, 4.69) is 41.0 Å². The van der Waals surface area contributed by atoms with Crippen LogP contribution in [0, 0.1) is 25.5 Å². The zero-order valence-electron chi connectivity index (χ0n) is 19.8. The number of pyridine rings is 1. The van der Waals surface area contributed by atoms with Crippen molar-refractivity contribution in [1.29, 1.82) is 0 Å². The molecule has 0 fully saturated rings. The summed E-state index contributed by atoms with van der Waals surface area (Å²) in [5.74, 6) is -0.335. The first-order valence-electron chi connectivity index (χ1n) is 11.0. The Morgan fingerprint density at radius 3 is 2.41 bits per heavy atom. The van der Waals surface area contributed by atoms with E-state index in [9.17, 15) is 13.9 Å². The average molecular weight is 530 g/mol. The zero-order chi connectivity index (χ0) is 25.3. The molecular formula is C28H30BrF2NO2. The first-order chi connectivity index (χ1) is 16.1. The Bertz CT molecular complexity index is 1110. The maximum atomic E-state index is 13.3. The molecule has 0 atom stereocenters. The number of ether oxygens (including phenoxy) is 1. The van der Waals surface area contributed by atoms with Gasteiger partial charge in [0.05, 0.1) is 5.56 Å². The molecule has 3 rings (SSSR count). The lowest BCUT2D eigenvalue weighted by Crippen LogP contribution is -2.01. The van der Waals surface area contributed by atoms with Gasteiger partial charge in [-0.25, -0.2) is 13.8 Å². The van der Waals surface area contributed by atoms with Gasteiger partial charge in [-0.2, -0.15) is 0 Å². The van der Waals surface area contributed by atoms with Crippen molar-refractivity contribution in [2.75, 3.05) is 0 Å². The van der Waals surface area contributed by atoms with Crippen LogP contribution in [0.1, 0.15) is 54.0 Å². The summed E-state index contributed by atoms with van der Waals surface area (Å²) in [7, 11) is 0. The third-order valence-corrected chi connectivity index (χ3v) is 5.62. The van der Waals surface area contributed by atoms with Gasteiger partial charge in [0.2, 0.25) is 5.88 Å². The number of allylic oxidation sites excluding steroid dienone is 1. The summed E-state index contributed by atoms with van der Waals surface area (Å²) in [5.41, 5.74) is 4.77. The molecule has 1 heterocycles. The largest absolute Gasteiger partial charge is 0.508 e. The van der Waals surface area contributed by atoms with E-state index in [0.29, 0.717) is 12.5 Å². The quantitative estimate of drug-likeness (QED) is 0.296. The van der Waals surface area contributed by atoms with Crippen molar-refractivity contribution in [3.05, 3.63) is 106 Å². The highest BCUT2D eigenvalue weighted by atomic mass is 79.9. The molecule has 2 aromatic carbocycles. The molecule has 0 aliphatic rings. The number of rotatable bonds is 8. The highest BCUT2D eigenvalue weighted by molar-refractivity contribution is 9.10. The second kappa shape index (κ2) is 13.0. The van der Waals surface area contributed by atoms with Gasteiger partial charge in [0.25, 0.3) is 0 Å². The number of nitrogens with zero attached hydrogens (tertiary/aromatic N) is 1. The molecular weight excluding hydrogens is 500 g/mol. The smallest absolute Gasteiger partial charge is 0.216 e. The minimum Gasteiger partial charge on any atom is -0.508 e. The molecule has 34 heavy (non-hydrogen) atoms. The molecule has 0 saturated carbocycles. The van der Waals surface area contributed by atoms with Gasteiger partial charge in [0.15, 0.2) is 0 Å². The summed E-state index contributed by atoms with van der Waals surface area (Å²) in [5, 5.41) is 9.22. The van der Waals surface area contributed by atoms with Crippen molar-refractivity contribution < 1.29 is 18.6 Å². The van der Waals surface area contributed by atoms with Crippen LogP contribution in [0.15, 0.2) is 66.3 Å². The molecule has 0 unspecified atom stereocenters. The van der Waals surface area contributed by atoms with Crippen LogP contribution in [0.4, 0.5) is 8.78 Å². The lowest BCUT2D eigenvalue weighted by molar-refractivity contribution is 0.290. The van der Waals surface area contributed by atoms with Crippen LogP contribution in [0.3, 0.4) is 0 Å². The van der Waals surface area contributed by atoms with Gasteiger partial charge in [0, 0.05) is 16.2 Å². The predicted octanol–water partition coefficient (Wildman–Crippen LogP) is 8.74. The zero-order valence-corrected chi connectivity index (χ0v) is 21.4. The van der Waals surface area contributed by atoms with Gasteiger partial charge < -0.3 is 9.84 Å². The van der Waals surface area contributed by atoms with Crippen molar-refractivity contribution in [3.63, 3.8) is 0 Å². The SMILES string of the molecule is C=C(CCCC)c1ccc(F)c(C(=C)O)c1.Cc1cc(F)ccc1COc1ncc(Br)cc1C. The van der Waals surface area contributed by atoms with Gasteiger partial charge in [-0.1, -0.05) is 38.6 Å². The van der Waals surface area contributed by atoms with E-state index in [0.717, 1.165) is 51.6 Å². The number of hydrogen-bond acceptors (Lipinski definition) is 3. The number of aliphatic hydroxyl groups excluding tert-OH is 1. The minimum absolute atomic E-state index is 0.148. The monoisotopic (exact) mass is 529 g/mol. The van der Waals surface area contributed by atoms with Crippen LogP contribution < -0.4 is 4.74 Å². The second-order valence-electron chi connectivity index (χ2n) is 7.98. The van der Waals surface area contributed by atoms with Gasteiger partial charge in [-0.15, -0.1) is 0 Å². The van der Waals surface area contributed by atoms with E-state index in [-0.39, 0.29) is 17.1 Å². The van der Waals surface area contributed by atoms with Crippen molar-refractivity contribution in [3.8, 4) is 5.88 Å². The Kier molecular flexibility index (Phi) is 10.5. The van der Waals surface area contributed by atoms with Crippen LogP contribution in [0.25, 0.3) is 11.3 Å². The maximum absolute atomic E-state index is 13.3. The Labute approximate surface area is 209 Å². The topological polar surface area (TPSA) is 42.4 Å². The standard InChI is InChI=1S/C14H13BrFNO.C14H17FO/c1-9-6-13(16)4-3-11(9)8-18-14-10(2)5-12(15)7-17-14;1-4-5-6-10(2)12-7-8-14(15)13(9-12)11(3)16/h3-7H,8H2,1-2H3;7-9,16H,2-6H2,1H3. The van der Waals surface area contributed by atoms with Gasteiger partial charge >= 0.3 is 0 Å². The van der Waals surface area contributed by atoms with E-state index in [1.54, 1.807) is 24.4 Å². The summed E-state index contributed by atoms with van der Waals surface area (Å²) in [4.78, 5) is 4.20. The van der Waals surface area contributed by atoms with Gasteiger partial charge in [0.1, 0.15) is 24.0 Å². The van der Waals surface area contributed by atoms with Gasteiger partial charge in [-0.05, 0) is 95.2 Å². The molecule has 180 valence electrons. The third-order valence-electron chi connectivity index (χ3n) is 5.18. The molecule has 3 aromatic rings. The Balaban J connectivity index is 0.000000242. The lowest BCUT2D eigenvalue weighted by Gasteiger charge is -2.10. The minimum atomic E-state index is -0.459. The summed E-state index contributed by atoms with van der Waals surface area (Å²) in [6.07, 6.45) is 4.74. The predicted molar refractivity (Wildman–Crippen MR) is 139 cm³/mol. The maximum Gasteiger partial charge on any atom is 0.216 e. The number of aliphatic hydroxyl groups is 1. The summed E-state index contributed by atoms with van der Waals surface area (Å²) in [6.45, 7) is 13.6. The fraction of sp³-hybridized carbons (Fsp3) is 0.250. The number of unbranched alkanes of at least 4 members (excludes halogenated alkanes) is 1. The Morgan fingerprint density at radius 2 is 1.79 bits per heavy atom. The normalized spacial score (nSPS) is 10.3. The van der Waals surface area contributed by atoms with E-state index in [1.807, 2.05) is 19.9 Å². The molecule has 0 amide bonds. The van der Waals surface area contributed by atoms with Crippen molar-refractivity contribution in [2.24, 2.45) is 0 Å². The molecule has 0 aliphatic carbocycles. The molecule has 0 aliphatic heterocycles. The fourth-order valence-corrected chi connectivity index (χ4v) is 3.59. The highest BCUT2D eigenvalue weighted by Crippen LogP contribution is 2.24. The summed E-state index contributed by atoms with van der Waals surface area (Å²) in [6, 6.07) is 11.2. The van der Waals surface area contributed by atoms with Crippen LogP contribution in [-0.2, 0) is 6.61 Å². The van der Waals surface area contributed by atoms with Crippen LogP contribution >= 0.6 is 15.9 Å². The first kappa shape index (κ1) is 27.3. The van der Waals surface area contributed by atoms with Crippen LogP contribution in [0.5, 0.6) is 5.88 Å². The second-order valence-corrected chi connectivity index (χ2v) is 8.90. The third kappa shape index (κ3) is 8.10. The van der Waals surface area contributed by atoms with E-state index in [1.165, 1.54) is 18.2 Å². The van der Waals surface area contributed by atoms with Crippen molar-refractivity contribution in [1.82, 2.24) is 4.98 Å². The van der Waals surface area contributed by atoms with Crippen LogP contribution in [0.2, 0.25) is 0 Å². The first-order valence-corrected chi connectivity index (χ1v) is 11.8. The molecule has 0 bridgehead atoms. The number of hydrogen-bond donors (Lipinski definition) is 1. The number of aromatic nitrogens is 1. The van der Waals surface area contributed by atoms with Crippen LogP contribution in [-0.4, -0.2) is 10.1 Å². The summed E-state index contributed by atoms with van der Waals surface area (Å²) >= 11 is 3.35. The molecule has 6 heteroatoms. The summed E-state index contributed by atoms with van der Waals surface area (Å²) < 4.78 is 32.8. The molecule has 0 radical (unpaired) electrons. The number of aryl methyl sites for hydroxylation is 2. The fourth-order valence-electron chi connectivity index (χ4n) is 3.15. The molecule has 3 nitrogen and oxygen atoms in total. The molecule has 0 saturated heterocycles. The Morgan fingerprint density at radius 1 is 1.06 bits per heavy atom. The van der Waals surface area contributed by atoms with Crippen molar-refractivity contribution >= 4 is 27.3 Å². The average Bonchev–Trinajstić information content (AvgIpc) is 2.78. The number of benzene rings is 2. The van der Waals surface area contributed by atoms with Crippen molar-refractivity contribution in [2.45, 2.75) is 46.6 Å². The molecule has 0 spiro atoms. The molecule has 1 N–H and O–H groups in total. The lowest BCUT2D eigenvalue weighted by atomic mass is 9.99. The van der Waals surface area contributed by atoms with E-state index >= 15 is 0 Å². The highest BCUT2D eigenvalue weighted by Gasteiger charge is 2.08. The number of halogens is 3. The van der Waals surface area contributed by atoms with E-state index < -0.39 is 5.82 Å².